The van der Waals surface area contributed by atoms with E-state index in [1.54, 1.807) is 31.4 Å². The Kier molecular flexibility index (Phi) is 4.66. The minimum Gasteiger partial charge on any atom is -0.496 e. The van der Waals surface area contributed by atoms with Gasteiger partial charge in [-0.1, -0.05) is 11.6 Å². The van der Waals surface area contributed by atoms with Gasteiger partial charge in [0.2, 0.25) is 0 Å². The van der Waals surface area contributed by atoms with Crippen molar-refractivity contribution in [2.24, 2.45) is 0 Å². The summed E-state index contributed by atoms with van der Waals surface area (Å²) in [6.07, 6.45) is 0. The predicted octanol–water partition coefficient (Wildman–Crippen LogP) is 4.83. The van der Waals surface area contributed by atoms with Gasteiger partial charge in [-0.15, -0.1) is 0 Å². The lowest BCUT2D eigenvalue weighted by Crippen LogP contribution is -1.99. The third-order valence-corrected chi connectivity index (χ3v) is 3.37. The summed E-state index contributed by atoms with van der Waals surface area (Å²) < 4.78 is 24.4. The zero-order chi connectivity index (χ0) is 13.8. The second kappa shape index (κ2) is 6.26. The summed E-state index contributed by atoms with van der Waals surface area (Å²) >= 11 is 9.19. The second-order valence-corrected chi connectivity index (χ2v) is 5.11. The van der Waals surface area contributed by atoms with Crippen molar-refractivity contribution in [1.29, 1.82) is 0 Å². The quantitative estimate of drug-likeness (QED) is 0.790. The van der Waals surface area contributed by atoms with Gasteiger partial charge in [0, 0.05) is 10.6 Å². The molecule has 0 aliphatic rings. The second-order valence-electron chi connectivity index (χ2n) is 3.82. The van der Waals surface area contributed by atoms with E-state index >= 15 is 0 Å². The van der Waals surface area contributed by atoms with Crippen molar-refractivity contribution in [2.45, 2.75) is 6.61 Å². The van der Waals surface area contributed by atoms with Crippen LogP contribution in [0.2, 0.25) is 5.02 Å². The molecule has 0 aliphatic carbocycles. The molecule has 0 amide bonds. The first-order chi connectivity index (χ1) is 9.10. The van der Waals surface area contributed by atoms with Crippen LogP contribution < -0.4 is 9.47 Å². The number of hydrogen-bond acceptors (Lipinski definition) is 2. The first-order valence-electron chi connectivity index (χ1n) is 5.50. The monoisotopic (exact) mass is 344 g/mol. The minimum absolute atomic E-state index is 0.286. The van der Waals surface area contributed by atoms with E-state index in [-0.39, 0.29) is 12.4 Å². The van der Waals surface area contributed by atoms with Crippen LogP contribution in [-0.4, -0.2) is 7.11 Å². The van der Waals surface area contributed by atoms with Crippen LogP contribution >= 0.6 is 27.5 Å². The molecule has 0 unspecified atom stereocenters. The van der Waals surface area contributed by atoms with Gasteiger partial charge in [-0.25, -0.2) is 4.39 Å². The van der Waals surface area contributed by atoms with Gasteiger partial charge >= 0.3 is 0 Å². The normalized spacial score (nSPS) is 10.3. The van der Waals surface area contributed by atoms with Gasteiger partial charge in [-0.05, 0) is 52.3 Å². The molecule has 5 heteroatoms. The first kappa shape index (κ1) is 14.2. The highest BCUT2D eigenvalue weighted by atomic mass is 79.9. The SMILES string of the molecule is COc1ccc(Cl)cc1COc1ccc(F)cc1Br. The average molecular weight is 346 g/mol. The van der Waals surface area contributed by atoms with E-state index in [1.165, 1.54) is 12.1 Å². The Morgan fingerprint density at radius 3 is 2.58 bits per heavy atom. The van der Waals surface area contributed by atoms with Crippen molar-refractivity contribution in [2.75, 3.05) is 7.11 Å². The standard InChI is InChI=1S/C14H11BrClFO2/c1-18-13-4-2-10(16)6-9(13)8-19-14-5-3-11(17)7-12(14)15/h2-7H,8H2,1H3. The highest BCUT2D eigenvalue weighted by molar-refractivity contribution is 9.10. The minimum atomic E-state index is -0.320. The highest BCUT2D eigenvalue weighted by Gasteiger charge is 2.07. The molecule has 2 nitrogen and oxygen atoms in total. The maximum absolute atomic E-state index is 13.0. The van der Waals surface area contributed by atoms with Crippen LogP contribution in [0.5, 0.6) is 11.5 Å². The molecule has 0 N–H and O–H groups in total. The fraction of sp³-hybridized carbons (Fsp3) is 0.143. The number of ether oxygens (including phenoxy) is 2. The Bertz CT molecular complexity index is 590. The molecule has 0 saturated carbocycles. The largest absolute Gasteiger partial charge is 0.496 e. The lowest BCUT2D eigenvalue weighted by Gasteiger charge is -2.11. The van der Waals surface area contributed by atoms with E-state index in [9.17, 15) is 4.39 Å². The van der Waals surface area contributed by atoms with E-state index in [2.05, 4.69) is 15.9 Å². The Hall–Kier alpha value is -1.26. The third-order valence-electron chi connectivity index (χ3n) is 2.52. The van der Waals surface area contributed by atoms with Gasteiger partial charge in [0.25, 0.3) is 0 Å². The Balaban J connectivity index is 2.16. The Labute approximate surface area is 124 Å². The lowest BCUT2D eigenvalue weighted by atomic mass is 10.2. The number of methoxy groups -OCH3 is 1. The highest BCUT2D eigenvalue weighted by Crippen LogP contribution is 2.28. The summed E-state index contributed by atoms with van der Waals surface area (Å²) in [5.74, 6) is 0.936. The molecule has 0 atom stereocenters. The van der Waals surface area contributed by atoms with Crippen LogP contribution in [0.15, 0.2) is 40.9 Å². The molecule has 0 spiro atoms. The van der Waals surface area contributed by atoms with Crippen LogP contribution in [0.3, 0.4) is 0 Å². The molecule has 0 bridgehead atoms. The van der Waals surface area contributed by atoms with E-state index in [4.69, 9.17) is 21.1 Å². The molecule has 2 rings (SSSR count). The van der Waals surface area contributed by atoms with Gasteiger partial charge < -0.3 is 9.47 Å². The molecule has 0 aromatic heterocycles. The van der Waals surface area contributed by atoms with Gasteiger partial charge in [0.1, 0.15) is 23.9 Å². The van der Waals surface area contributed by atoms with E-state index in [1.807, 2.05) is 0 Å². The van der Waals surface area contributed by atoms with Gasteiger partial charge in [-0.2, -0.15) is 0 Å². The third kappa shape index (κ3) is 3.61. The maximum atomic E-state index is 13.0. The maximum Gasteiger partial charge on any atom is 0.134 e. The van der Waals surface area contributed by atoms with Crippen LogP contribution in [0, 0.1) is 5.82 Å². The molecule has 2 aromatic rings. The Morgan fingerprint density at radius 1 is 1.16 bits per heavy atom. The molecule has 0 saturated heterocycles. The lowest BCUT2D eigenvalue weighted by molar-refractivity contribution is 0.294. The van der Waals surface area contributed by atoms with Crippen molar-refractivity contribution in [3.05, 3.63) is 57.3 Å². The fourth-order valence-electron chi connectivity index (χ4n) is 1.61. The van der Waals surface area contributed by atoms with Crippen molar-refractivity contribution in [3.63, 3.8) is 0 Å². The number of halogens is 3. The summed E-state index contributed by atoms with van der Waals surface area (Å²) in [5.41, 5.74) is 0.825. The van der Waals surface area contributed by atoms with Crippen LogP contribution in [0.1, 0.15) is 5.56 Å². The summed E-state index contributed by atoms with van der Waals surface area (Å²) in [5, 5.41) is 0.609. The van der Waals surface area contributed by atoms with E-state index in [0.29, 0.717) is 21.0 Å². The molecule has 100 valence electrons. The van der Waals surface area contributed by atoms with Crippen LogP contribution in [-0.2, 0) is 6.61 Å². The molecule has 19 heavy (non-hydrogen) atoms. The van der Waals surface area contributed by atoms with Crippen LogP contribution in [0.25, 0.3) is 0 Å². The number of hydrogen-bond donors (Lipinski definition) is 0. The van der Waals surface area contributed by atoms with Crippen molar-refractivity contribution >= 4 is 27.5 Å². The fourth-order valence-corrected chi connectivity index (χ4v) is 2.27. The topological polar surface area (TPSA) is 18.5 Å². The first-order valence-corrected chi connectivity index (χ1v) is 6.67. The predicted molar refractivity (Wildman–Crippen MR) is 76.4 cm³/mol. The molecular formula is C14H11BrClFO2. The molecule has 2 aromatic carbocycles. The summed E-state index contributed by atoms with van der Waals surface area (Å²) in [6, 6.07) is 9.56. The summed E-state index contributed by atoms with van der Waals surface area (Å²) in [7, 11) is 1.58. The zero-order valence-corrected chi connectivity index (χ0v) is 12.5. The van der Waals surface area contributed by atoms with Crippen molar-refractivity contribution in [3.8, 4) is 11.5 Å². The molecule has 0 aliphatic heterocycles. The summed E-state index contributed by atoms with van der Waals surface area (Å²) in [6.45, 7) is 0.286. The van der Waals surface area contributed by atoms with Gasteiger partial charge in [0.15, 0.2) is 0 Å². The molecule has 0 radical (unpaired) electrons. The van der Waals surface area contributed by atoms with E-state index in [0.717, 1.165) is 5.56 Å². The molecule has 0 fully saturated rings. The van der Waals surface area contributed by atoms with Crippen molar-refractivity contribution in [1.82, 2.24) is 0 Å². The molecular weight excluding hydrogens is 335 g/mol. The van der Waals surface area contributed by atoms with Gasteiger partial charge in [-0.3, -0.25) is 0 Å². The van der Waals surface area contributed by atoms with Crippen LogP contribution in [0.4, 0.5) is 4.39 Å². The van der Waals surface area contributed by atoms with E-state index < -0.39 is 0 Å². The van der Waals surface area contributed by atoms with Crippen molar-refractivity contribution < 1.29 is 13.9 Å². The number of rotatable bonds is 4. The smallest absolute Gasteiger partial charge is 0.134 e. The number of benzene rings is 2. The molecule has 0 heterocycles. The Morgan fingerprint density at radius 2 is 1.89 bits per heavy atom. The average Bonchev–Trinajstić information content (AvgIpc) is 2.38. The zero-order valence-electron chi connectivity index (χ0n) is 10.1. The van der Waals surface area contributed by atoms with Gasteiger partial charge in [0.05, 0.1) is 11.6 Å². The summed E-state index contributed by atoms with van der Waals surface area (Å²) in [4.78, 5) is 0.